The highest BCUT2D eigenvalue weighted by atomic mass is 19.1. The summed E-state index contributed by atoms with van der Waals surface area (Å²) < 4.78 is 24.6. The Balaban J connectivity index is 1.58. The molecule has 1 unspecified atom stereocenters. The van der Waals surface area contributed by atoms with Gasteiger partial charge in [-0.1, -0.05) is 0 Å². The third-order valence-electron chi connectivity index (χ3n) is 5.16. The highest BCUT2D eigenvalue weighted by Crippen LogP contribution is 2.43. The second-order valence-corrected chi connectivity index (χ2v) is 6.42. The molecule has 118 valence electrons. The molecule has 5 rings (SSSR count). The Morgan fingerprint density at radius 2 is 1.83 bits per heavy atom. The number of aromatic hydroxyl groups is 1. The molecule has 4 nitrogen and oxygen atoms in total. The Morgan fingerprint density at radius 3 is 2.65 bits per heavy atom. The number of phenolic OH excluding ortho intramolecular Hbond substituents is 1. The van der Waals surface area contributed by atoms with Crippen molar-refractivity contribution in [1.82, 2.24) is 4.90 Å². The van der Waals surface area contributed by atoms with Crippen LogP contribution in [0.4, 0.5) is 4.39 Å². The Labute approximate surface area is 133 Å². The predicted molar refractivity (Wildman–Crippen MR) is 81.2 cm³/mol. The molecular weight excluding hydrogens is 297 g/mol. The Kier molecular flexibility index (Phi) is 2.65. The van der Waals surface area contributed by atoms with Gasteiger partial charge in [-0.2, -0.15) is 0 Å². The highest BCUT2D eigenvalue weighted by molar-refractivity contribution is 5.51. The number of fused-ring (bicyclic) bond motifs is 5. The van der Waals surface area contributed by atoms with Gasteiger partial charge < -0.3 is 14.6 Å². The average Bonchev–Trinajstić information content (AvgIpc) is 2.99. The summed E-state index contributed by atoms with van der Waals surface area (Å²) in [6.45, 7) is 2.02. The van der Waals surface area contributed by atoms with Crippen LogP contribution >= 0.6 is 0 Å². The topological polar surface area (TPSA) is 41.9 Å². The van der Waals surface area contributed by atoms with Crippen LogP contribution in [0.3, 0.4) is 0 Å². The molecule has 1 N–H and O–H groups in total. The lowest BCUT2D eigenvalue weighted by Crippen LogP contribution is -2.39. The quantitative estimate of drug-likeness (QED) is 0.812. The van der Waals surface area contributed by atoms with Crippen LogP contribution < -0.4 is 9.47 Å². The fraction of sp³-hybridized carbons (Fsp3) is 0.333. The maximum atomic E-state index is 13.6. The van der Waals surface area contributed by atoms with Crippen LogP contribution in [-0.4, -0.2) is 23.3 Å². The molecular formula is C18H16FNO3. The largest absolute Gasteiger partial charge is 0.505 e. The van der Waals surface area contributed by atoms with Gasteiger partial charge in [-0.05, 0) is 59.4 Å². The molecule has 0 spiro atoms. The van der Waals surface area contributed by atoms with Crippen LogP contribution in [0.2, 0.25) is 0 Å². The van der Waals surface area contributed by atoms with Gasteiger partial charge in [-0.25, -0.2) is 4.39 Å². The SMILES string of the molecule is Oc1cc2c(cc1F)CCN1Cc3cc4c(cc3CC21)OCO4. The van der Waals surface area contributed by atoms with Gasteiger partial charge in [-0.15, -0.1) is 0 Å². The monoisotopic (exact) mass is 313 g/mol. The summed E-state index contributed by atoms with van der Waals surface area (Å²) in [5.41, 5.74) is 4.55. The zero-order valence-corrected chi connectivity index (χ0v) is 12.5. The maximum Gasteiger partial charge on any atom is 0.231 e. The van der Waals surface area contributed by atoms with Gasteiger partial charge in [0, 0.05) is 19.1 Å². The van der Waals surface area contributed by atoms with E-state index < -0.39 is 5.82 Å². The van der Waals surface area contributed by atoms with E-state index in [0.717, 1.165) is 48.6 Å². The number of hydrogen-bond acceptors (Lipinski definition) is 4. The van der Waals surface area contributed by atoms with Crippen LogP contribution in [-0.2, 0) is 19.4 Å². The maximum absolute atomic E-state index is 13.6. The van der Waals surface area contributed by atoms with Gasteiger partial charge in [0.15, 0.2) is 23.1 Å². The third kappa shape index (κ3) is 1.93. The molecule has 3 aliphatic heterocycles. The zero-order valence-electron chi connectivity index (χ0n) is 12.5. The summed E-state index contributed by atoms with van der Waals surface area (Å²) in [6.07, 6.45) is 1.65. The second kappa shape index (κ2) is 4.61. The van der Waals surface area contributed by atoms with Crippen molar-refractivity contribution in [3.05, 3.63) is 52.3 Å². The molecule has 0 radical (unpaired) electrons. The molecule has 0 aromatic heterocycles. The molecule has 2 aromatic carbocycles. The number of halogens is 1. The highest BCUT2D eigenvalue weighted by Gasteiger charge is 2.34. The Morgan fingerprint density at radius 1 is 1.04 bits per heavy atom. The van der Waals surface area contributed by atoms with Crippen LogP contribution in [0.15, 0.2) is 24.3 Å². The number of nitrogens with zero attached hydrogens (tertiary/aromatic N) is 1. The first-order valence-electron chi connectivity index (χ1n) is 7.86. The summed E-state index contributed by atoms with van der Waals surface area (Å²) in [6, 6.07) is 7.40. The van der Waals surface area contributed by atoms with E-state index in [1.165, 1.54) is 17.2 Å². The molecule has 0 bridgehead atoms. The van der Waals surface area contributed by atoms with Crippen LogP contribution in [0.1, 0.15) is 28.3 Å². The standard InChI is InChI=1S/C18H16FNO3/c19-14-3-10-1-2-20-8-12-6-18-17(22-9-23-18)5-11(12)4-15(20)13(10)7-16(14)21/h3,5-7,15,21H,1-2,4,8-9H2. The average molecular weight is 313 g/mol. The van der Waals surface area contributed by atoms with Crippen molar-refractivity contribution in [3.63, 3.8) is 0 Å². The summed E-state index contributed by atoms with van der Waals surface area (Å²) in [4.78, 5) is 2.39. The molecule has 0 aliphatic carbocycles. The molecule has 5 heteroatoms. The minimum absolute atomic E-state index is 0.179. The summed E-state index contributed by atoms with van der Waals surface area (Å²) in [5, 5.41) is 9.76. The van der Waals surface area contributed by atoms with E-state index in [1.54, 1.807) is 6.07 Å². The molecule has 0 amide bonds. The third-order valence-corrected chi connectivity index (χ3v) is 5.16. The molecule has 0 saturated carbocycles. The van der Waals surface area contributed by atoms with E-state index in [-0.39, 0.29) is 18.6 Å². The number of benzene rings is 2. The van der Waals surface area contributed by atoms with Crippen LogP contribution in [0.5, 0.6) is 17.2 Å². The number of hydrogen-bond donors (Lipinski definition) is 1. The van der Waals surface area contributed by atoms with E-state index in [9.17, 15) is 9.50 Å². The first-order chi connectivity index (χ1) is 11.2. The van der Waals surface area contributed by atoms with Crippen molar-refractivity contribution in [2.75, 3.05) is 13.3 Å². The van der Waals surface area contributed by atoms with E-state index in [0.29, 0.717) is 0 Å². The summed E-state index contributed by atoms with van der Waals surface area (Å²) in [7, 11) is 0. The lowest BCUT2D eigenvalue weighted by molar-refractivity contribution is 0.160. The molecule has 3 aliphatic rings. The van der Waals surface area contributed by atoms with Gasteiger partial charge in [0.05, 0.1) is 0 Å². The van der Waals surface area contributed by atoms with Crippen molar-refractivity contribution >= 4 is 0 Å². The smallest absolute Gasteiger partial charge is 0.231 e. The minimum Gasteiger partial charge on any atom is -0.505 e. The van der Waals surface area contributed by atoms with Crippen molar-refractivity contribution in [1.29, 1.82) is 0 Å². The summed E-state index contributed by atoms with van der Waals surface area (Å²) in [5.74, 6) is 0.827. The van der Waals surface area contributed by atoms with Crippen molar-refractivity contribution in [2.24, 2.45) is 0 Å². The molecule has 0 fully saturated rings. The lowest BCUT2D eigenvalue weighted by atomic mass is 9.84. The van der Waals surface area contributed by atoms with Gasteiger partial charge in [0.1, 0.15) is 0 Å². The van der Waals surface area contributed by atoms with Crippen molar-refractivity contribution < 1.29 is 19.0 Å². The normalized spacial score (nSPS) is 21.5. The minimum atomic E-state index is -0.531. The first kappa shape index (κ1) is 13.2. The van der Waals surface area contributed by atoms with Crippen molar-refractivity contribution in [3.8, 4) is 17.2 Å². The number of phenols is 1. The number of ether oxygens (including phenoxy) is 2. The van der Waals surface area contributed by atoms with Gasteiger partial charge in [0.25, 0.3) is 0 Å². The summed E-state index contributed by atoms with van der Waals surface area (Å²) >= 11 is 0. The first-order valence-corrected chi connectivity index (χ1v) is 7.86. The molecule has 0 saturated heterocycles. The Bertz CT molecular complexity index is 820. The Hall–Kier alpha value is -2.27. The second-order valence-electron chi connectivity index (χ2n) is 6.42. The lowest BCUT2D eigenvalue weighted by Gasteiger charge is -2.41. The van der Waals surface area contributed by atoms with Crippen molar-refractivity contribution in [2.45, 2.75) is 25.4 Å². The van der Waals surface area contributed by atoms with Gasteiger partial charge in [0.2, 0.25) is 6.79 Å². The molecule has 23 heavy (non-hydrogen) atoms. The van der Waals surface area contributed by atoms with E-state index >= 15 is 0 Å². The fourth-order valence-corrected chi connectivity index (χ4v) is 3.98. The fourth-order valence-electron chi connectivity index (χ4n) is 3.98. The zero-order chi connectivity index (χ0) is 15.6. The van der Waals surface area contributed by atoms with Gasteiger partial charge in [-0.3, -0.25) is 4.90 Å². The van der Waals surface area contributed by atoms with Crippen LogP contribution in [0.25, 0.3) is 0 Å². The number of rotatable bonds is 0. The van der Waals surface area contributed by atoms with Crippen LogP contribution in [0, 0.1) is 5.82 Å². The molecule has 1 atom stereocenters. The van der Waals surface area contributed by atoms with E-state index in [1.807, 2.05) is 0 Å². The van der Waals surface area contributed by atoms with E-state index in [2.05, 4.69) is 17.0 Å². The van der Waals surface area contributed by atoms with Gasteiger partial charge >= 0.3 is 0 Å². The molecule has 2 aromatic rings. The molecule has 3 heterocycles. The predicted octanol–water partition coefficient (Wildman–Crippen LogP) is 2.92. The van der Waals surface area contributed by atoms with E-state index in [4.69, 9.17) is 9.47 Å².